The minimum Gasteiger partial charge on any atom is -0.387 e. The Bertz CT molecular complexity index is 669. The monoisotopic (exact) mass is 307 g/mol. The van der Waals surface area contributed by atoms with E-state index in [-0.39, 0.29) is 17.8 Å². The summed E-state index contributed by atoms with van der Waals surface area (Å²) in [5, 5.41) is 7.58. The lowest BCUT2D eigenvalue weighted by Gasteiger charge is -2.20. The van der Waals surface area contributed by atoms with Crippen molar-refractivity contribution in [2.45, 2.75) is 49.5 Å². The summed E-state index contributed by atoms with van der Waals surface area (Å²) in [6.07, 6.45) is 5.53. The van der Waals surface area contributed by atoms with Crippen LogP contribution in [0.3, 0.4) is 0 Å². The van der Waals surface area contributed by atoms with Crippen molar-refractivity contribution in [1.82, 2.24) is 4.72 Å². The average molecular weight is 307 g/mol. The molecule has 0 bridgehead atoms. The van der Waals surface area contributed by atoms with Gasteiger partial charge in [0.1, 0.15) is 0 Å². The molecule has 1 aromatic carbocycles. The molecule has 0 amide bonds. The van der Waals surface area contributed by atoms with Crippen molar-refractivity contribution < 1.29 is 8.42 Å². The Hall–Kier alpha value is -1.40. The zero-order valence-electron chi connectivity index (χ0n) is 11.9. The first-order valence-electron chi connectivity index (χ1n) is 7.45. The third-order valence-electron chi connectivity index (χ3n) is 4.60. The Labute approximate surface area is 125 Å². The molecule has 0 aliphatic heterocycles. The summed E-state index contributed by atoms with van der Waals surface area (Å²) in [4.78, 5) is 0.331. The normalized spacial score (nSPS) is 25.0. The summed E-state index contributed by atoms with van der Waals surface area (Å²) in [6, 6.07) is 5.15. The Morgan fingerprint density at radius 2 is 1.95 bits per heavy atom. The molecule has 2 aliphatic rings. The fourth-order valence-corrected chi connectivity index (χ4v) is 4.82. The highest BCUT2D eigenvalue weighted by Crippen LogP contribution is 2.28. The molecule has 2 unspecified atom stereocenters. The number of hydrogen-bond acceptors (Lipinski definition) is 3. The van der Waals surface area contributed by atoms with Gasteiger partial charge in [-0.05, 0) is 55.4 Å². The van der Waals surface area contributed by atoms with E-state index in [1.54, 1.807) is 12.1 Å². The van der Waals surface area contributed by atoms with E-state index in [4.69, 9.17) is 11.1 Å². The lowest BCUT2D eigenvalue weighted by atomic mass is 10.0. The summed E-state index contributed by atoms with van der Waals surface area (Å²) < 4.78 is 27.8. The quantitative estimate of drug-likeness (QED) is 0.582. The number of nitrogens with two attached hydrogens (primary N) is 1. The van der Waals surface area contributed by atoms with Gasteiger partial charge >= 0.3 is 0 Å². The van der Waals surface area contributed by atoms with Crippen LogP contribution in [0.25, 0.3) is 0 Å². The van der Waals surface area contributed by atoms with E-state index in [0.717, 1.165) is 44.1 Å². The molecule has 6 heteroatoms. The summed E-state index contributed by atoms with van der Waals surface area (Å²) in [5.74, 6) is -0.0941. The molecule has 2 atom stereocenters. The molecule has 114 valence electrons. The predicted molar refractivity (Wildman–Crippen MR) is 81.8 cm³/mol. The molecule has 5 nitrogen and oxygen atoms in total. The number of benzene rings is 1. The molecule has 3 rings (SSSR count). The third kappa shape index (κ3) is 2.82. The number of nitrogens with one attached hydrogen (secondary N) is 2. The van der Waals surface area contributed by atoms with E-state index < -0.39 is 10.0 Å². The lowest BCUT2D eigenvalue weighted by Crippen LogP contribution is -2.42. The Morgan fingerprint density at radius 1 is 1.19 bits per heavy atom. The molecule has 0 heterocycles. The number of rotatable bonds is 4. The Balaban J connectivity index is 1.82. The van der Waals surface area contributed by atoms with Crippen LogP contribution in [-0.2, 0) is 22.9 Å². The van der Waals surface area contributed by atoms with Gasteiger partial charge in [-0.2, -0.15) is 0 Å². The lowest BCUT2D eigenvalue weighted by molar-refractivity contribution is 0.521. The van der Waals surface area contributed by atoms with Crippen molar-refractivity contribution in [1.29, 1.82) is 5.41 Å². The number of amidine groups is 1. The van der Waals surface area contributed by atoms with E-state index in [9.17, 15) is 8.42 Å². The van der Waals surface area contributed by atoms with Gasteiger partial charge in [-0.25, -0.2) is 13.1 Å². The van der Waals surface area contributed by atoms with Crippen molar-refractivity contribution in [2.24, 2.45) is 11.7 Å². The Kier molecular flexibility index (Phi) is 3.75. The van der Waals surface area contributed by atoms with Gasteiger partial charge in [0, 0.05) is 12.0 Å². The fraction of sp³-hybridized carbons (Fsp3) is 0.533. The summed E-state index contributed by atoms with van der Waals surface area (Å²) in [5.41, 5.74) is 7.97. The van der Waals surface area contributed by atoms with Crippen LogP contribution < -0.4 is 10.5 Å². The zero-order valence-corrected chi connectivity index (χ0v) is 12.7. The maximum Gasteiger partial charge on any atom is 0.240 e. The maximum absolute atomic E-state index is 12.5. The molecule has 0 radical (unpaired) electrons. The van der Waals surface area contributed by atoms with Gasteiger partial charge in [-0.15, -0.1) is 0 Å². The van der Waals surface area contributed by atoms with Gasteiger partial charge in [0.05, 0.1) is 10.7 Å². The molecule has 2 aliphatic carbocycles. The molecular formula is C15H21N3O2S. The first-order valence-corrected chi connectivity index (χ1v) is 8.94. The topological polar surface area (TPSA) is 96.0 Å². The van der Waals surface area contributed by atoms with Crippen LogP contribution in [0.5, 0.6) is 0 Å². The van der Waals surface area contributed by atoms with Crippen LogP contribution >= 0.6 is 0 Å². The highest BCUT2D eigenvalue weighted by molar-refractivity contribution is 7.89. The van der Waals surface area contributed by atoms with Gasteiger partial charge in [0.15, 0.2) is 0 Å². The zero-order chi connectivity index (χ0) is 15.0. The Morgan fingerprint density at radius 3 is 2.71 bits per heavy atom. The molecule has 21 heavy (non-hydrogen) atoms. The second-order valence-electron chi connectivity index (χ2n) is 6.00. The first-order chi connectivity index (χ1) is 9.97. The van der Waals surface area contributed by atoms with Crippen LogP contribution in [0, 0.1) is 11.3 Å². The number of hydrogen-bond donors (Lipinski definition) is 3. The average Bonchev–Trinajstić information content (AvgIpc) is 3.05. The van der Waals surface area contributed by atoms with Gasteiger partial charge in [0.2, 0.25) is 10.0 Å². The highest BCUT2D eigenvalue weighted by Gasteiger charge is 2.33. The second-order valence-corrected chi connectivity index (χ2v) is 7.72. The van der Waals surface area contributed by atoms with Gasteiger partial charge in [-0.3, -0.25) is 5.41 Å². The molecule has 4 N–H and O–H groups in total. The summed E-state index contributed by atoms with van der Waals surface area (Å²) in [6.45, 7) is 0. The predicted octanol–water partition coefficient (Wildman–Crippen LogP) is 1.56. The number of aryl methyl sites for hydroxylation is 2. The molecule has 1 saturated carbocycles. The van der Waals surface area contributed by atoms with Crippen LogP contribution in [-0.4, -0.2) is 20.3 Å². The summed E-state index contributed by atoms with van der Waals surface area (Å²) >= 11 is 0. The van der Waals surface area contributed by atoms with Gasteiger partial charge in [0.25, 0.3) is 0 Å². The largest absolute Gasteiger partial charge is 0.387 e. The fourth-order valence-electron chi connectivity index (χ4n) is 3.46. The van der Waals surface area contributed by atoms with E-state index in [0.29, 0.717) is 4.90 Å². The molecular weight excluding hydrogens is 286 g/mol. The maximum atomic E-state index is 12.5. The van der Waals surface area contributed by atoms with Crippen molar-refractivity contribution in [3.05, 3.63) is 29.3 Å². The van der Waals surface area contributed by atoms with Gasteiger partial charge in [-0.1, -0.05) is 12.5 Å². The van der Waals surface area contributed by atoms with Crippen molar-refractivity contribution in [3.63, 3.8) is 0 Å². The van der Waals surface area contributed by atoms with E-state index >= 15 is 0 Å². The smallest absolute Gasteiger partial charge is 0.240 e. The van der Waals surface area contributed by atoms with E-state index in [1.807, 2.05) is 6.07 Å². The molecule has 0 saturated heterocycles. The van der Waals surface area contributed by atoms with Crippen LogP contribution in [0.4, 0.5) is 0 Å². The van der Waals surface area contributed by atoms with Gasteiger partial charge < -0.3 is 5.73 Å². The standard InChI is InChI=1S/C15H21N3O2S/c16-15(17)13-5-2-6-14(13)18-21(19,20)12-8-7-10-3-1-4-11(10)9-12/h7-9,13-14,18H,1-6H2,(H3,16,17). The van der Waals surface area contributed by atoms with Crippen LogP contribution in [0.15, 0.2) is 23.1 Å². The minimum absolute atomic E-state index is 0.0779. The van der Waals surface area contributed by atoms with Crippen molar-refractivity contribution >= 4 is 15.9 Å². The van der Waals surface area contributed by atoms with Crippen LogP contribution in [0.2, 0.25) is 0 Å². The number of fused-ring (bicyclic) bond motifs is 1. The molecule has 1 aromatic rings. The third-order valence-corrected chi connectivity index (χ3v) is 6.09. The molecule has 0 spiro atoms. The SMILES string of the molecule is N=C(N)C1CCCC1NS(=O)(=O)c1ccc2c(c1)CCC2. The van der Waals surface area contributed by atoms with E-state index in [2.05, 4.69) is 4.72 Å². The van der Waals surface area contributed by atoms with Crippen molar-refractivity contribution in [2.75, 3.05) is 0 Å². The van der Waals surface area contributed by atoms with E-state index in [1.165, 1.54) is 5.56 Å². The highest BCUT2D eigenvalue weighted by atomic mass is 32.2. The van der Waals surface area contributed by atoms with Crippen molar-refractivity contribution in [3.8, 4) is 0 Å². The first kappa shape index (κ1) is 14.5. The molecule has 1 fully saturated rings. The summed E-state index contributed by atoms with van der Waals surface area (Å²) in [7, 11) is -3.53. The number of sulfonamides is 1. The minimum atomic E-state index is -3.53. The molecule has 0 aromatic heterocycles. The second kappa shape index (κ2) is 5.42. The van der Waals surface area contributed by atoms with Crippen LogP contribution in [0.1, 0.15) is 36.8 Å².